The van der Waals surface area contributed by atoms with Crippen LogP contribution in [0.3, 0.4) is 0 Å². The van der Waals surface area contributed by atoms with Crippen molar-refractivity contribution in [1.29, 1.82) is 0 Å². The number of nitrogens with one attached hydrogen (secondary N) is 1. The maximum atomic E-state index is 13.3. The van der Waals surface area contributed by atoms with Gasteiger partial charge in [-0.15, -0.1) is 0 Å². The number of halogens is 1. The number of rotatable bonds is 3. The van der Waals surface area contributed by atoms with Crippen LogP contribution in [-0.4, -0.2) is 16.0 Å². The number of carbonyl (C=O) groups is 1. The minimum absolute atomic E-state index is 0.0628. The Morgan fingerprint density at radius 2 is 2.11 bits per heavy atom. The van der Waals surface area contributed by atoms with E-state index in [2.05, 4.69) is 10.3 Å². The molecule has 0 spiro atoms. The van der Waals surface area contributed by atoms with E-state index in [1.54, 1.807) is 18.2 Å². The Hall–Kier alpha value is -2.43. The van der Waals surface area contributed by atoms with Crippen LogP contribution in [0.5, 0.6) is 5.75 Å². The van der Waals surface area contributed by atoms with E-state index in [4.69, 9.17) is 0 Å². The lowest BCUT2D eigenvalue weighted by Crippen LogP contribution is -2.23. The highest BCUT2D eigenvalue weighted by Gasteiger charge is 2.10. The molecule has 2 N–H and O–H groups in total. The Labute approximate surface area is 103 Å². The first kappa shape index (κ1) is 12.0. The number of hydrogen-bond acceptors (Lipinski definition) is 3. The zero-order valence-electron chi connectivity index (χ0n) is 9.43. The molecule has 0 radical (unpaired) electrons. The Bertz CT molecular complexity index is 572. The van der Waals surface area contributed by atoms with Crippen LogP contribution < -0.4 is 5.32 Å². The normalized spacial score (nSPS) is 10.1. The molecule has 2 rings (SSSR count). The summed E-state index contributed by atoms with van der Waals surface area (Å²) in [5.74, 6) is -1.06. The molecule has 0 saturated carbocycles. The molecule has 0 aliphatic rings. The number of amides is 1. The number of benzene rings is 1. The number of nitrogens with zero attached hydrogens (tertiary/aromatic N) is 1. The summed E-state index contributed by atoms with van der Waals surface area (Å²) in [4.78, 5) is 15.4. The predicted molar refractivity (Wildman–Crippen MR) is 63.5 cm³/mol. The van der Waals surface area contributed by atoms with E-state index in [0.29, 0.717) is 5.56 Å². The van der Waals surface area contributed by atoms with Crippen molar-refractivity contribution in [3.63, 3.8) is 0 Å². The zero-order valence-corrected chi connectivity index (χ0v) is 9.43. The first-order valence-electron chi connectivity index (χ1n) is 5.33. The van der Waals surface area contributed by atoms with Crippen LogP contribution in [0.15, 0.2) is 42.7 Å². The SMILES string of the molecule is O=C(NCc1ccccc1F)c1ccncc1O. The van der Waals surface area contributed by atoms with E-state index in [9.17, 15) is 14.3 Å². The van der Waals surface area contributed by atoms with Crippen LogP contribution >= 0.6 is 0 Å². The Morgan fingerprint density at radius 3 is 2.83 bits per heavy atom. The maximum Gasteiger partial charge on any atom is 0.255 e. The summed E-state index contributed by atoms with van der Waals surface area (Å²) >= 11 is 0. The molecule has 5 heteroatoms. The number of aromatic nitrogens is 1. The summed E-state index contributed by atoms with van der Waals surface area (Å²) in [6.45, 7) is 0.0628. The zero-order chi connectivity index (χ0) is 13.0. The van der Waals surface area contributed by atoms with Gasteiger partial charge in [0.05, 0.1) is 11.8 Å². The van der Waals surface area contributed by atoms with Gasteiger partial charge in [0.1, 0.15) is 11.6 Å². The van der Waals surface area contributed by atoms with E-state index in [0.717, 1.165) is 0 Å². The third-order valence-electron chi connectivity index (χ3n) is 2.44. The topological polar surface area (TPSA) is 62.2 Å². The monoisotopic (exact) mass is 246 g/mol. The van der Waals surface area contributed by atoms with Gasteiger partial charge in [0.25, 0.3) is 5.91 Å². The lowest BCUT2D eigenvalue weighted by molar-refractivity contribution is 0.0948. The Morgan fingerprint density at radius 1 is 1.33 bits per heavy atom. The van der Waals surface area contributed by atoms with Gasteiger partial charge in [-0.3, -0.25) is 9.78 Å². The van der Waals surface area contributed by atoms with Crippen molar-refractivity contribution < 1.29 is 14.3 Å². The fourth-order valence-corrected chi connectivity index (χ4v) is 1.49. The standard InChI is InChI=1S/C13H11FN2O2/c14-11-4-2-1-3-9(11)7-16-13(18)10-5-6-15-8-12(10)17/h1-6,8,17H,7H2,(H,16,18). The molecule has 0 saturated heterocycles. The molecular formula is C13H11FN2O2. The largest absolute Gasteiger partial charge is 0.505 e. The first-order valence-corrected chi connectivity index (χ1v) is 5.33. The molecular weight excluding hydrogens is 235 g/mol. The van der Waals surface area contributed by atoms with Crippen LogP contribution in [0.2, 0.25) is 0 Å². The minimum Gasteiger partial charge on any atom is -0.505 e. The van der Waals surface area contributed by atoms with Gasteiger partial charge in [-0.25, -0.2) is 4.39 Å². The molecule has 18 heavy (non-hydrogen) atoms. The van der Waals surface area contributed by atoms with Crippen LogP contribution in [0, 0.1) is 5.82 Å². The number of aromatic hydroxyl groups is 1. The van der Waals surface area contributed by atoms with Crippen LogP contribution in [0.1, 0.15) is 15.9 Å². The van der Waals surface area contributed by atoms with Crippen LogP contribution in [-0.2, 0) is 6.54 Å². The van der Waals surface area contributed by atoms with Gasteiger partial charge >= 0.3 is 0 Å². The molecule has 2 aromatic rings. The van der Waals surface area contributed by atoms with Crippen molar-refractivity contribution >= 4 is 5.91 Å². The fraction of sp³-hybridized carbons (Fsp3) is 0.0769. The van der Waals surface area contributed by atoms with Gasteiger partial charge in [-0.05, 0) is 12.1 Å². The molecule has 92 valence electrons. The lowest BCUT2D eigenvalue weighted by Gasteiger charge is -2.07. The Kier molecular flexibility index (Phi) is 3.52. The van der Waals surface area contributed by atoms with Crippen LogP contribution in [0.25, 0.3) is 0 Å². The Balaban J connectivity index is 2.06. The lowest BCUT2D eigenvalue weighted by atomic mass is 10.2. The van der Waals surface area contributed by atoms with E-state index >= 15 is 0 Å². The average molecular weight is 246 g/mol. The third kappa shape index (κ3) is 2.63. The third-order valence-corrected chi connectivity index (χ3v) is 2.44. The predicted octanol–water partition coefficient (Wildman–Crippen LogP) is 1.86. The summed E-state index contributed by atoms with van der Waals surface area (Å²) in [6.07, 6.45) is 2.58. The maximum absolute atomic E-state index is 13.3. The first-order chi connectivity index (χ1) is 8.68. The van der Waals surface area contributed by atoms with Gasteiger partial charge in [0.2, 0.25) is 0 Å². The second-order valence-electron chi connectivity index (χ2n) is 3.67. The average Bonchev–Trinajstić information content (AvgIpc) is 2.38. The summed E-state index contributed by atoms with van der Waals surface area (Å²) in [7, 11) is 0. The van der Waals surface area contributed by atoms with Gasteiger partial charge in [-0.1, -0.05) is 18.2 Å². The van der Waals surface area contributed by atoms with E-state index in [1.165, 1.54) is 24.5 Å². The van der Waals surface area contributed by atoms with Crippen molar-refractivity contribution in [3.8, 4) is 5.75 Å². The number of hydrogen-bond donors (Lipinski definition) is 2. The number of carbonyl (C=O) groups excluding carboxylic acids is 1. The quantitative estimate of drug-likeness (QED) is 0.868. The molecule has 4 nitrogen and oxygen atoms in total. The molecule has 1 heterocycles. The molecule has 0 fully saturated rings. The summed E-state index contributed by atoms with van der Waals surface area (Å²) < 4.78 is 13.3. The van der Waals surface area contributed by atoms with E-state index in [-0.39, 0.29) is 23.7 Å². The fourth-order valence-electron chi connectivity index (χ4n) is 1.49. The van der Waals surface area contributed by atoms with Crippen molar-refractivity contribution in [2.75, 3.05) is 0 Å². The molecule has 0 bridgehead atoms. The van der Waals surface area contributed by atoms with Crippen LogP contribution in [0.4, 0.5) is 4.39 Å². The highest BCUT2D eigenvalue weighted by molar-refractivity contribution is 5.96. The minimum atomic E-state index is -0.474. The van der Waals surface area contributed by atoms with Gasteiger partial charge in [0, 0.05) is 18.3 Å². The molecule has 1 amide bonds. The summed E-state index contributed by atoms with van der Waals surface area (Å²) in [6, 6.07) is 7.57. The second-order valence-corrected chi connectivity index (χ2v) is 3.67. The van der Waals surface area contributed by atoms with Gasteiger partial charge in [0.15, 0.2) is 0 Å². The highest BCUT2D eigenvalue weighted by atomic mass is 19.1. The molecule has 1 aromatic carbocycles. The molecule has 0 aliphatic heterocycles. The summed E-state index contributed by atoms with van der Waals surface area (Å²) in [5, 5.41) is 12.0. The molecule has 1 aromatic heterocycles. The van der Waals surface area contributed by atoms with Gasteiger partial charge < -0.3 is 10.4 Å². The van der Waals surface area contributed by atoms with Crippen molar-refractivity contribution in [2.45, 2.75) is 6.54 Å². The summed E-state index contributed by atoms with van der Waals surface area (Å²) in [5.41, 5.74) is 0.501. The molecule has 0 aliphatic carbocycles. The van der Waals surface area contributed by atoms with E-state index in [1.807, 2.05) is 0 Å². The molecule has 0 atom stereocenters. The van der Waals surface area contributed by atoms with Crippen molar-refractivity contribution in [2.24, 2.45) is 0 Å². The second kappa shape index (κ2) is 5.27. The number of pyridine rings is 1. The van der Waals surface area contributed by atoms with Crippen molar-refractivity contribution in [1.82, 2.24) is 10.3 Å². The van der Waals surface area contributed by atoms with E-state index < -0.39 is 5.91 Å². The smallest absolute Gasteiger partial charge is 0.255 e. The van der Waals surface area contributed by atoms with Crippen molar-refractivity contribution in [3.05, 3.63) is 59.7 Å². The van der Waals surface area contributed by atoms with Gasteiger partial charge in [-0.2, -0.15) is 0 Å². The highest BCUT2D eigenvalue weighted by Crippen LogP contribution is 2.14. The molecule has 0 unspecified atom stereocenters.